The second-order valence-electron chi connectivity index (χ2n) is 3.31. The number of alkyl carbamates (subject to hydrolysis) is 1. The standard InChI is InChI=1S/C12H16N2O2/c1-2-8-16-12(15)14-7-6-10-4-3-5-11(13)9-10/h2-5,9H,1,6-8,13H2,(H,14,15). The van der Waals surface area contributed by atoms with Gasteiger partial charge in [-0.25, -0.2) is 4.79 Å². The Bertz CT molecular complexity index is 364. The summed E-state index contributed by atoms with van der Waals surface area (Å²) < 4.78 is 4.76. The van der Waals surface area contributed by atoms with Crippen molar-refractivity contribution in [2.45, 2.75) is 6.42 Å². The molecular formula is C12H16N2O2. The monoisotopic (exact) mass is 220 g/mol. The molecule has 0 unspecified atom stereocenters. The molecule has 16 heavy (non-hydrogen) atoms. The van der Waals surface area contributed by atoms with Crippen molar-refractivity contribution in [1.82, 2.24) is 5.32 Å². The van der Waals surface area contributed by atoms with Crippen molar-refractivity contribution < 1.29 is 9.53 Å². The molecule has 0 aromatic heterocycles. The van der Waals surface area contributed by atoms with Gasteiger partial charge in [0.15, 0.2) is 0 Å². The Morgan fingerprint density at radius 1 is 1.56 bits per heavy atom. The number of amides is 1. The average molecular weight is 220 g/mol. The van der Waals surface area contributed by atoms with E-state index in [1.807, 2.05) is 24.3 Å². The smallest absolute Gasteiger partial charge is 0.407 e. The lowest BCUT2D eigenvalue weighted by Crippen LogP contribution is -2.26. The number of carbonyl (C=O) groups is 1. The molecule has 0 radical (unpaired) electrons. The van der Waals surface area contributed by atoms with Crippen LogP contribution in [-0.4, -0.2) is 19.2 Å². The number of hydrogen-bond acceptors (Lipinski definition) is 3. The largest absolute Gasteiger partial charge is 0.445 e. The van der Waals surface area contributed by atoms with Crippen LogP contribution in [0.2, 0.25) is 0 Å². The number of nitrogens with one attached hydrogen (secondary N) is 1. The molecule has 0 spiro atoms. The Hall–Kier alpha value is -1.97. The highest BCUT2D eigenvalue weighted by Crippen LogP contribution is 2.06. The van der Waals surface area contributed by atoms with Crippen LogP contribution in [0.1, 0.15) is 5.56 Å². The Morgan fingerprint density at radius 3 is 3.06 bits per heavy atom. The van der Waals surface area contributed by atoms with E-state index in [-0.39, 0.29) is 6.61 Å². The number of nitrogen functional groups attached to an aromatic ring is 1. The van der Waals surface area contributed by atoms with Crippen LogP contribution < -0.4 is 11.1 Å². The highest BCUT2D eigenvalue weighted by Gasteiger charge is 1.99. The number of benzene rings is 1. The van der Waals surface area contributed by atoms with E-state index in [9.17, 15) is 4.79 Å². The van der Waals surface area contributed by atoms with Crippen LogP contribution in [-0.2, 0) is 11.2 Å². The average Bonchev–Trinajstić information content (AvgIpc) is 2.26. The molecule has 0 fully saturated rings. The molecule has 0 saturated heterocycles. The van der Waals surface area contributed by atoms with E-state index in [0.717, 1.165) is 17.7 Å². The van der Waals surface area contributed by atoms with Crippen molar-refractivity contribution in [3.05, 3.63) is 42.5 Å². The maximum atomic E-state index is 11.1. The summed E-state index contributed by atoms with van der Waals surface area (Å²) in [5.74, 6) is 0. The summed E-state index contributed by atoms with van der Waals surface area (Å²) in [7, 11) is 0. The predicted octanol–water partition coefficient (Wildman–Crippen LogP) is 1.72. The molecule has 0 aliphatic carbocycles. The zero-order valence-electron chi connectivity index (χ0n) is 9.11. The molecule has 4 heteroatoms. The number of nitrogens with two attached hydrogens (primary N) is 1. The molecule has 3 N–H and O–H groups in total. The number of rotatable bonds is 5. The Balaban J connectivity index is 2.25. The molecule has 0 heterocycles. The summed E-state index contributed by atoms with van der Waals surface area (Å²) in [4.78, 5) is 11.1. The van der Waals surface area contributed by atoms with Crippen molar-refractivity contribution in [2.24, 2.45) is 0 Å². The second-order valence-corrected chi connectivity index (χ2v) is 3.31. The molecule has 0 bridgehead atoms. The summed E-state index contributed by atoms with van der Waals surface area (Å²) in [5, 5.41) is 2.64. The summed E-state index contributed by atoms with van der Waals surface area (Å²) in [6.07, 6.45) is 1.83. The minimum atomic E-state index is -0.427. The molecule has 4 nitrogen and oxygen atoms in total. The summed E-state index contributed by atoms with van der Waals surface area (Å²) >= 11 is 0. The van der Waals surface area contributed by atoms with Crippen LogP contribution in [0.5, 0.6) is 0 Å². The van der Waals surface area contributed by atoms with Gasteiger partial charge in [0.1, 0.15) is 6.61 Å². The number of hydrogen-bond donors (Lipinski definition) is 2. The van der Waals surface area contributed by atoms with Gasteiger partial charge in [0.25, 0.3) is 0 Å². The first-order valence-corrected chi connectivity index (χ1v) is 5.08. The van der Waals surface area contributed by atoms with Gasteiger partial charge in [0.2, 0.25) is 0 Å². The Kier molecular flexibility index (Phi) is 4.92. The maximum absolute atomic E-state index is 11.1. The lowest BCUT2D eigenvalue weighted by molar-refractivity contribution is 0.158. The normalized spacial score (nSPS) is 9.50. The minimum Gasteiger partial charge on any atom is -0.445 e. The molecule has 86 valence electrons. The van der Waals surface area contributed by atoms with Crippen molar-refractivity contribution in [1.29, 1.82) is 0 Å². The van der Waals surface area contributed by atoms with Gasteiger partial charge in [-0.15, -0.1) is 0 Å². The van der Waals surface area contributed by atoms with Gasteiger partial charge in [-0.2, -0.15) is 0 Å². The lowest BCUT2D eigenvalue weighted by Gasteiger charge is -2.05. The van der Waals surface area contributed by atoms with Crippen molar-refractivity contribution in [2.75, 3.05) is 18.9 Å². The van der Waals surface area contributed by atoms with E-state index in [1.54, 1.807) is 0 Å². The summed E-state index contributed by atoms with van der Waals surface area (Å²) in [6, 6.07) is 7.57. The molecule has 1 rings (SSSR count). The van der Waals surface area contributed by atoms with Gasteiger partial charge >= 0.3 is 6.09 Å². The van der Waals surface area contributed by atoms with Crippen LogP contribution >= 0.6 is 0 Å². The van der Waals surface area contributed by atoms with E-state index in [0.29, 0.717) is 6.54 Å². The highest BCUT2D eigenvalue weighted by molar-refractivity contribution is 5.67. The number of ether oxygens (including phenoxy) is 1. The van der Waals surface area contributed by atoms with Crippen LogP contribution in [0.15, 0.2) is 36.9 Å². The van der Waals surface area contributed by atoms with E-state index < -0.39 is 6.09 Å². The van der Waals surface area contributed by atoms with E-state index >= 15 is 0 Å². The highest BCUT2D eigenvalue weighted by atomic mass is 16.5. The first kappa shape index (κ1) is 12.1. The zero-order valence-corrected chi connectivity index (χ0v) is 9.11. The second kappa shape index (κ2) is 6.50. The van der Waals surface area contributed by atoms with Gasteiger partial charge in [0, 0.05) is 12.2 Å². The fraction of sp³-hybridized carbons (Fsp3) is 0.250. The topological polar surface area (TPSA) is 64.3 Å². The van der Waals surface area contributed by atoms with Crippen LogP contribution in [0, 0.1) is 0 Å². The third-order valence-electron chi connectivity index (χ3n) is 1.97. The minimum absolute atomic E-state index is 0.226. The van der Waals surface area contributed by atoms with Gasteiger partial charge in [-0.3, -0.25) is 0 Å². The lowest BCUT2D eigenvalue weighted by atomic mass is 10.1. The van der Waals surface area contributed by atoms with E-state index in [4.69, 9.17) is 10.5 Å². The molecule has 0 aliphatic rings. The van der Waals surface area contributed by atoms with Crippen LogP contribution in [0.3, 0.4) is 0 Å². The van der Waals surface area contributed by atoms with Crippen molar-refractivity contribution in [3.63, 3.8) is 0 Å². The first-order chi connectivity index (χ1) is 7.72. The molecular weight excluding hydrogens is 204 g/mol. The molecule has 1 aromatic rings. The summed E-state index contributed by atoms with van der Waals surface area (Å²) in [6.45, 7) is 4.20. The fourth-order valence-corrected chi connectivity index (χ4v) is 1.24. The van der Waals surface area contributed by atoms with E-state index in [2.05, 4.69) is 11.9 Å². The molecule has 0 aliphatic heterocycles. The number of anilines is 1. The van der Waals surface area contributed by atoms with Crippen LogP contribution in [0.25, 0.3) is 0 Å². The SMILES string of the molecule is C=CCOC(=O)NCCc1cccc(N)c1. The van der Waals surface area contributed by atoms with Crippen molar-refractivity contribution >= 4 is 11.8 Å². The van der Waals surface area contributed by atoms with Gasteiger partial charge in [-0.05, 0) is 24.1 Å². The third-order valence-corrected chi connectivity index (χ3v) is 1.97. The fourth-order valence-electron chi connectivity index (χ4n) is 1.24. The van der Waals surface area contributed by atoms with Gasteiger partial charge in [0.05, 0.1) is 0 Å². The van der Waals surface area contributed by atoms with Crippen LogP contribution in [0.4, 0.5) is 10.5 Å². The Morgan fingerprint density at radius 2 is 2.38 bits per heavy atom. The van der Waals surface area contributed by atoms with E-state index in [1.165, 1.54) is 6.08 Å². The van der Waals surface area contributed by atoms with Gasteiger partial charge in [-0.1, -0.05) is 24.8 Å². The predicted molar refractivity (Wildman–Crippen MR) is 64.1 cm³/mol. The molecule has 1 amide bonds. The Labute approximate surface area is 95.1 Å². The van der Waals surface area contributed by atoms with Crippen molar-refractivity contribution in [3.8, 4) is 0 Å². The van der Waals surface area contributed by atoms with Gasteiger partial charge < -0.3 is 15.8 Å². The first-order valence-electron chi connectivity index (χ1n) is 5.08. The third kappa shape index (κ3) is 4.50. The molecule has 0 saturated carbocycles. The number of carbonyl (C=O) groups excluding carboxylic acids is 1. The quantitative estimate of drug-likeness (QED) is 0.586. The molecule has 0 atom stereocenters. The zero-order chi connectivity index (χ0) is 11.8. The molecule has 1 aromatic carbocycles. The summed E-state index contributed by atoms with van der Waals surface area (Å²) in [5.41, 5.74) is 7.45. The maximum Gasteiger partial charge on any atom is 0.407 e.